The molecule has 18 heavy (non-hydrogen) atoms. The van der Waals surface area contributed by atoms with Crippen LogP contribution in [-0.2, 0) is 0 Å². The minimum atomic E-state index is -0.124. The van der Waals surface area contributed by atoms with Crippen molar-refractivity contribution in [2.75, 3.05) is 5.32 Å². The van der Waals surface area contributed by atoms with Gasteiger partial charge in [0, 0.05) is 9.13 Å². The van der Waals surface area contributed by atoms with E-state index >= 15 is 0 Å². The quantitative estimate of drug-likeness (QED) is 0.840. The molecule has 0 radical (unpaired) electrons. The Balaban J connectivity index is 2.22. The molecule has 92 valence electrons. The van der Waals surface area contributed by atoms with Crippen molar-refractivity contribution in [2.24, 2.45) is 0 Å². The number of hydrogen-bond acceptors (Lipinski definition) is 2. The first-order valence-corrected chi connectivity index (χ1v) is 6.66. The Bertz CT molecular complexity index is 596. The summed E-state index contributed by atoms with van der Waals surface area (Å²) in [6.45, 7) is 3.84. The molecule has 2 rings (SSSR count). The summed E-state index contributed by atoms with van der Waals surface area (Å²) in [5.41, 5.74) is 2.55. The molecule has 2 aromatic rings. The molecular formula is C14H13IN2O. The second kappa shape index (κ2) is 5.48. The predicted octanol–water partition coefficient (Wildman–Crippen LogP) is 3.56. The largest absolute Gasteiger partial charge is 0.307 e. The number of benzene rings is 1. The summed E-state index contributed by atoms with van der Waals surface area (Å²) in [5, 5.41) is 2.81. The van der Waals surface area contributed by atoms with Crippen molar-refractivity contribution < 1.29 is 4.79 Å². The zero-order valence-corrected chi connectivity index (χ0v) is 12.4. The number of pyridine rings is 1. The topological polar surface area (TPSA) is 42.0 Å². The summed E-state index contributed by atoms with van der Waals surface area (Å²) < 4.78 is 1.08. The van der Waals surface area contributed by atoms with Gasteiger partial charge in [0.1, 0.15) is 5.82 Å². The lowest BCUT2D eigenvalue weighted by molar-refractivity contribution is 0.102. The highest BCUT2D eigenvalue weighted by atomic mass is 127. The van der Waals surface area contributed by atoms with Crippen LogP contribution in [0.1, 0.15) is 21.6 Å². The van der Waals surface area contributed by atoms with Crippen LogP contribution in [0.5, 0.6) is 0 Å². The van der Waals surface area contributed by atoms with Gasteiger partial charge in [-0.3, -0.25) is 4.79 Å². The summed E-state index contributed by atoms with van der Waals surface area (Å²) in [4.78, 5) is 16.4. The Hall–Kier alpha value is -1.43. The lowest BCUT2D eigenvalue weighted by Crippen LogP contribution is -2.14. The Morgan fingerprint density at radius 3 is 2.56 bits per heavy atom. The number of halogens is 1. The molecule has 0 aliphatic carbocycles. The average Bonchev–Trinajstić information content (AvgIpc) is 2.34. The minimum absolute atomic E-state index is 0.124. The maximum atomic E-state index is 12.1. The molecule has 0 unspecified atom stereocenters. The molecule has 0 spiro atoms. The Kier molecular flexibility index (Phi) is 3.96. The van der Waals surface area contributed by atoms with E-state index in [9.17, 15) is 4.79 Å². The fraction of sp³-hybridized carbons (Fsp3) is 0.143. The van der Waals surface area contributed by atoms with Crippen LogP contribution in [0.4, 0.5) is 5.82 Å². The number of carbonyl (C=O) groups is 1. The number of aromatic nitrogens is 1. The highest BCUT2D eigenvalue weighted by molar-refractivity contribution is 14.1. The van der Waals surface area contributed by atoms with Gasteiger partial charge in [0.05, 0.1) is 5.69 Å². The van der Waals surface area contributed by atoms with E-state index in [1.165, 1.54) is 0 Å². The van der Waals surface area contributed by atoms with Crippen molar-refractivity contribution in [1.29, 1.82) is 0 Å². The highest BCUT2D eigenvalue weighted by Gasteiger charge is 2.09. The molecule has 0 saturated heterocycles. The molecule has 1 aromatic heterocycles. The zero-order chi connectivity index (χ0) is 13.1. The van der Waals surface area contributed by atoms with Crippen molar-refractivity contribution >= 4 is 34.3 Å². The van der Waals surface area contributed by atoms with Crippen LogP contribution in [0.2, 0.25) is 0 Å². The molecule has 1 aromatic carbocycles. The SMILES string of the molecule is Cc1ccccc1C(=O)Nc1ccc(I)c(C)n1. The van der Waals surface area contributed by atoms with Gasteiger partial charge in [-0.25, -0.2) is 4.98 Å². The predicted molar refractivity (Wildman–Crippen MR) is 80.8 cm³/mol. The molecule has 0 fully saturated rings. The summed E-state index contributed by atoms with van der Waals surface area (Å²) in [7, 11) is 0. The summed E-state index contributed by atoms with van der Waals surface area (Å²) in [6.07, 6.45) is 0. The third-order valence-electron chi connectivity index (χ3n) is 2.65. The van der Waals surface area contributed by atoms with Crippen LogP contribution in [0.25, 0.3) is 0 Å². The normalized spacial score (nSPS) is 10.2. The third kappa shape index (κ3) is 2.87. The molecule has 0 bridgehead atoms. The van der Waals surface area contributed by atoms with Crippen molar-refractivity contribution in [3.63, 3.8) is 0 Å². The van der Waals surface area contributed by atoms with Gasteiger partial charge in [0.15, 0.2) is 0 Å². The van der Waals surface area contributed by atoms with E-state index in [1.807, 2.05) is 50.2 Å². The third-order valence-corrected chi connectivity index (χ3v) is 3.79. The summed E-state index contributed by atoms with van der Waals surface area (Å²) in [5.74, 6) is 0.461. The van der Waals surface area contributed by atoms with Crippen molar-refractivity contribution in [3.8, 4) is 0 Å². The van der Waals surface area contributed by atoms with Gasteiger partial charge >= 0.3 is 0 Å². The van der Waals surface area contributed by atoms with Gasteiger partial charge in [0.2, 0.25) is 0 Å². The maximum Gasteiger partial charge on any atom is 0.257 e. The lowest BCUT2D eigenvalue weighted by atomic mass is 10.1. The highest BCUT2D eigenvalue weighted by Crippen LogP contribution is 2.14. The molecule has 3 nitrogen and oxygen atoms in total. The molecule has 1 amide bonds. The number of aryl methyl sites for hydroxylation is 2. The Morgan fingerprint density at radius 1 is 1.17 bits per heavy atom. The second-order valence-corrected chi connectivity index (χ2v) is 5.19. The van der Waals surface area contributed by atoms with E-state index in [0.717, 1.165) is 14.8 Å². The van der Waals surface area contributed by atoms with E-state index in [2.05, 4.69) is 32.9 Å². The molecule has 0 aliphatic heterocycles. The number of nitrogens with one attached hydrogen (secondary N) is 1. The lowest BCUT2D eigenvalue weighted by Gasteiger charge is -2.08. The molecule has 4 heteroatoms. The van der Waals surface area contributed by atoms with Gasteiger partial charge in [0.25, 0.3) is 5.91 Å². The van der Waals surface area contributed by atoms with Gasteiger partial charge < -0.3 is 5.32 Å². The molecule has 0 saturated carbocycles. The first kappa shape index (κ1) is 13.0. The van der Waals surface area contributed by atoms with Crippen LogP contribution < -0.4 is 5.32 Å². The van der Waals surface area contributed by atoms with Crippen LogP contribution in [0.15, 0.2) is 36.4 Å². The minimum Gasteiger partial charge on any atom is -0.307 e. The summed E-state index contributed by atoms with van der Waals surface area (Å²) >= 11 is 2.22. The molecular weight excluding hydrogens is 339 g/mol. The number of hydrogen-bond donors (Lipinski definition) is 1. The Labute approximate surface area is 120 Å². The van der Waals surface area contributed by atoms with Crippen LogP contribution >= 0.6 is 22.6 Å². The molecule has 1 heterocycles. The number of rotatable bonds is 2. The van der Waals surface area contributed by atoms with Gasteiger partial charge in [-0.15, -0.1) is 0 Å². The van der Waals surface area contributed by atoms with Crippen LogP contribution in [0, 0.1) is 17.4 Å². The standard InChI is InChI=1S/C14H13IN2O/c1-9-5-3-4-6-11(9)14(18)17-13-8-7-12(15)10(2)16-13/h3-8H,1-2H3,(H,16,17,18). The van der Waals surface area contributed by atoms with E-state index < -0.39 is 0 Å². The van der Waals surface area contributed by atoms with Crippen molar-refractivity contribution in [1.82, 2.24) is 4.98 Å². The number of anilines is 1. The smallest absolute Gasteiger partial charge is 0.257 e. The summed E-state index contributed by atoms with van der Waals surface area (Å²) in [6, 6.07) is 11.3. The fourth-order valence-corrected chi connectivity index (χ4v) is 1.93. The van der Waals surface area contributed by atoms with E-state index in [0.29, 0.717) is 11.4 Å². The monoisotopic (exact) mass is 352 g/mol. The van der Waals surface area contributed by atoms with E-state index in [4.69, 9.17) is 0 Å². The molecule has 1 N–H and O–H groups in total. The first-order valence-electron chi connectivity index (χ1n) is 5.58. The van der Waals surface area contributed by atoms with Crippen molar-refractivity contribution in [2.45, 2.75) is 13.8 Å². The van der Waals surface area contributed by atoms with Gasteiger partial charge in [-0.05, 0) is 60.2 Å². The van der Waals surface area contributed by atoms with Gasteiger partial charge in [-0.2, -0.15) is 0 Å². The molecule has 0 atom stereocenters. The Morgan fingerprint density at radius 2 is 1.89 bits per heavy atom. The zero-order valence-electron chi connectivity index (χ0n) is 10.2. The first-order chi connectivity index (χ1) is 8.58. The number of amides is 1. The van der Waals surface area contributed by atoms with Gasteiger partial charge in [-0.1, -0.05) is 18.2 Å². The number of nitrogens with zero attached hydrogens (tertiary/aromatic N) is 1. The van der Waals surface area contributed by atoms with E-state index in [1.54, 1.807) is 0 Å². The van der Waals surface area contributed by atoms with Crippen LogP contribution in [0.3, 0.4) is 0 Å². The van der Waals surface area contributed by atoms with Crippen molar-refractivity contribution in [3.05, 3.63) is 56.8 Å². The second-order valence-electron chi connectivity index (χ2n) is 4.03. The molecule has 0 aliphatic rings. The number of carbonyl (C=O) groups excluding carboxylic acids is 1. The van der Waals surface area contributed by atoms with Crippen LogP contribution in [-0.4, -0.2) is 10.9 Å². The maximum absolute atomic E-state index is 12.1. The van der Waals surface area contributed by atoms with E-state index in [-0.39, 0.29) is 5.91 Å². The average molecular weight is 352 g/mol. The fourth-order valence-electron chi connectivity index (χ4n) is 1.62.